The van der Waals surface area contributed by atoms with Crippen LogP contribution in [0.5, 0.6) is 0 Å². The maximum absolute atomic E-state index is 12.0. The number of amides is 1. The van der Waals surface area contributed by atoms with Gasteiger partial charge in [0.2, 0.25) is 5.91 Å². The molecular formula is C14H18N2O4. The molecule has 20 heavy (non-hydrogen) atoms. The van der Waals surface area contributed by atoms with E-state index in [-0.39, 0.29) is 24.9 Å². The van der Waals surface area contributed by atoms with E-state index in [1.165, 1.54) is 5.56 Å². The fraction of sp³-hybridized carbons (Fsp3) is 0.429. The third-order valence-corrected chi connectivity index (χ3v) is 3.40. The van der Waals surface area contributed by atoms with Crippen molar-refractivity contribution >= 4 is 11.9 Å². The minimum atomic E-state index is -1.43. The summed E-state index contributed by atoms with van der Waals surface area (Å²) < 4.78 is 0. The summed E-state index contributed by atoms with van der Waals surface area (Å²) in [5.74, 6) is -1.44. The van der Waals surface area contributed by atoms with Gasteiger partial charge in [0, 0.05) is 19.5 Å². The highest BCUT2D eigenvalue weighted by Gasteiger charge is 2.23. The summed E-state index contributed by atoms with van der Waals surface area (Å²) in [5.41, 5.74) is 2.34. The molecular weight excluding hydrogens is 260 g/mol. The van der Waals surface area contributed by atoms with Crippen molar-refractivity contribution in [3.63, 3.8) is 0 Å². The van der Waals surface area contributed by atoms with Gasteiger partial charge in [0.1, 0.15) is 0 Å². The van der Waals surface area contributed by atoms with Crippen molar-refractivity contribution in [2.45, 2.75) is 31.5 Å². The standard InChI is InChI=1S/C14H18N2O4/c17-12(14(19)20)5-6-15-13(18)11-7-9-3-1-2-4-10(9)8-16-11/h1-4,11-12,16-17H,5-8H2,(H,15,18)(H,19,20). The molecule has 1 aromatic rings. The smallest absolute Gasteiger partial charge is 0.332 e. The van der Waals surface area contributed by atoms with E-state index in [1.807, 2.05) is 24.3 Å². The van der Waals surface area contributed by atoms with Gasteiger partial charge in [0.25, 0.3) is 0 Å². The number of hydrogen-bond donors (Lipinski definition) is 4. The number of fused-ring (bicyclic) bond motifs is 1. The van der Waals surface area contributed by atoms with Crippen molar-refractivity contribution < 1.29 is 19.8 Å². The predicted molar refractivity (Wildman–Crippen MR) is 72.0 cm³/mol. The molecule has 0 aromatic heterocycles. The Labute approximate surface area is 116 Å². The Morgan fingerprint density at radius 2 is 2.05 bits per heavy atom. The van der Waals surface area contributed by atoms with E-state index in [0.29, 0.717) is 13.0 Å². The van der Waals surface area contributed by atoms with Gasteiger partial charge in [-0.25, -0.2) is 4.79 Å². The van der Waals surface area contributed by atoms with Crippen LogP contribution in [0.2, 0.25) is 0 Å². The molecule has 1 aromatic carbocycles. The number of hydrogen-bond acceptors (Lipinski definition) is 4. The van der Waals surface area contributed by atoms with Crippen molar-refractivity contribution in [1.82, 2.24) is 10.6 Å². The van der Waals surface area contributed by atoms with Gasteiger partial charge in [-0.05, 0) is 17.5 Å². The minimum absolute atomic E-state index is 0.00435. The lowest BCUT2D eigenvalue weighted by atomic mass is 9.95. The number of carbonyl (C=O) groups excluding carboxylic acids is 1. The Bertz CT molecular complexity index is 504. The van der Waals surface area contributed by atoms with E-state index in [0.717, 1.165) is 5.56 Å². The van der Waals surface area contributed by atoms with Crippen LogP contribution in [0.15, 0.2) is 24.3 Å². The highest BCUT2D eigenvalue weighted by molar-refractivity contribution is 5.82. The Kier molecular flexibility index (Phi) is 4.70. The van der Waals surface area contributed by atoms with Crippen LogP contribution in [-0.2, 0) is 22.6 Å². The van der Waals surface area contributed by atoms with Gasteiger partial charge in [0.05, 0.1) is 6.04 Å². The average Bonchev–Trinajstić information content (AvgIpc) is 2.46. The second kappa shape index (κ2) is 6.49. The maximum Gasteiger partial charge on any atom is 0.332 e. The lowest BCUT2D eigenvalue weighted by Crippen LogP contribution is -2.48. The summed E-state index contributed by atoms with van der Waals surface area (Å²) in [7, 11) is 0. The zero-order chi connectivity index (χ0) is 14.5. The number of carboxylic acid groups (broad SMARTS) is 1. The molecule has 0 bridgehead atoms. The summed E-state index contributed by atoms with van der Waals surface area (Å²) in [4.78, 5) is 22.4. The quantitative estimate of drug-likeness (QED) is 0.590. The second-order valence-corrected chi connectivity index (χ2v) is 4.84. The Morgan fingerprint density at radius 1 is 1.35 bits per heavy atom. The molecule has 0 spiro atoms. The number of nitrogens with one attached hydrogen (secondary N) is 2. The third-order valence-electron chi connectivity index (χ3n) is 3.40. The molecule has 1 aliphatic heterocycles. The van der Waals surface area contributed by atoms with E-state index in [1.54, 1.807) is 0 Å². The molecule has 108 valence electrons. The van der Waals surface area contributed by atoms with E-state index in [2.05, 4.69) is 10.6 Å². The van der Waals surface area contributed by atoms with Gasteiger partial charge in [-0.2, -0.15) is 0 Å². The van der Waals surface area contributed by atoms with Crippen LogP contribution in [0.3, 0.4) is 0 Å². The van der Waals surface area contributed by atoms with E-state index in [4.69, 9.17) is 10.2 Å². The van der Waals surface area contributed by atoms with Gasteiger partial charge in [0.15, 0.2) is 6.10 Å². The minimum Gasteiger partial charge on any atom is -0.479 e. The van der Waals surface area contributed by atoms with Crippen LogP contribution in [-0.4, -0.2) is 40.8 Å². The summed E-state index contributed by atoms with van der Waals surface area (Å²) in [5, 5.41) is 23.4. The van der Waals surface area contributed by atoms with Crippen LogP contribution >= 0.6 is 0 Å². The number of aliphatic hydroxyl groups is 1. The van der Waals surface area contributed by atoms with Crippen molar-refractivity contribution in [1.29, 1.82) is 0 Å². The molecule has 1 heterocycles. The van der Waals surface area contributed by atoms with E-state index >= 15 is 0 Å². The fourth-order valence-electron chi connectivity index (χ4n) is 2.22. The number of aliphatic hydroxyl groups excluding tert-OH is 1. The van der Waals surface area contributed by atoms with E-state index < -0.39 is 12.1 Å². The zero-order valence-electron chi connectivity index (χ0n) is 11.0. The normalized spacial score (nSPS) is 18.9. The van der Waals surface area contributed by atoms with Crippen LogP contribution in [0.25, 0.3) is 0 Å². The fourth-order valence-corrected chi connectivity index (χ4v) is 2.22. The number of rotatable bonds is 5. The van der Waals surface area contributed by atoms with Gasteiger partial charge in [-0.15, -0.1) is 0 Å². The van der Waals surface area contributed by atoms with E-state index in [9.17, 15) is 9.59 Å². The van der Waals surface area contributed by atoms with Crippen molar-refractivity contribution in [2.75, 3.05) is 6.54 Å². The summed E-state index contributed by atoms with van der Waals surface area (Å²) >= 11 is 0. The van der Waals surface area contributed by atoms with Crippen LogP contribution in [0, 0.1) is 0 Å². The van der Waals surface area contributed by atoms with Crippen LogP contribution in [0.1, 0.15) is 17.5 Å². The van der Waals surface area contributed by atoms with Crippen LogP contribution in [0.4, 0.5) is 0 Å². The van der Waals surface area contributed by atoms with Gasteiger partial charge >= 0.3 is 5.97 Å². The molecule has 4 N–H and O–H groups in total. The third kappa shape index (κ3) is 3.55. The average molecular weight is 278 g/mol. The van der Waals surface area contributed by atoms with Gasteiger partial charge in [-0.3, -0.25) is 4.79 Å². The molecule has 0 radical (unpaired) electrons. The molecule has 0 saturated carbocycles. The topological polar surface area (TPSA) is 98.7 Å². The van der Waals surface area contributed by atoms with Gasteiger partial charge in [-0.1, -0.05) is 24.3 Å². The predicted octanol–water partition coefficient (Wildman–Crippen LogP) is -0.347. The molecule has 2 rings (SSSR count). The summed E-state index contributed by atoms with van der Waals surface area (Å²) in [6.07, 6.45) is -0.816. The molecule has 2 atom stereocenters. The highest BCUT2D eigenvalue weighted by atomic mass is 16.4. The highest BCUT2D eigenvalue weighted by Crippen LogP contribution is 2.16. The van der Waals surface area contributed by atoms with Crippen LogP contribution < -0.4 is 10.6 Å². The lowest BCUT2D eigenvalue weighted by Gasteiger charge is -2.25. The maximum atomic E-state index is 12.0. The first-order valence-electron chi connectivity index (χ1n) is 6.56. The van der Waals surface area contributed by atoms with Crippen molar-refractivity contribution in [3.05, 3.63) is 35.4 Å². The monoisotopic (exact) mass is 278 g/mol. The molecule has 0 saturated heterocycles. The Balaban J connectivity index is 1.81. The first-order chi connectivity index (χ1) is 9.58. The molecule has 1 aliphatic rings. The molecule has 0 aliphatic carbocycles. The van der Waals surface area contributed by atoms with Crippen molar-refractivity contribution in [3.8, 4) is 0 Å². The number of carboxylic acids is 1. The first-order valence-corrected chi connectivity index (χ1v) is 6.56. The molecule has 1 amide bonds. The first kappa shape index (κ1) is 14.5. The SMILES string of the molecule is O=C(O)C(O)CCNC(=O)C1Cc2ccccc2CN1. The molecule has 6 heteroatoms. The number of aliphatic carboxylic acids is 1. The number of carbonyl (C=O) groups is 2. The zero-order valence-corrected chi connectivity index (χ0v) is 11.0. The molecule has 0 fully saturated rings. The Morgan fingerprint density at radius 3 is 2.75 bits per heavy atom. The summed E-state index contributed by atoms with van der Waals surface area (Å²) in [6.45, 7) is 0.790. The largest absolute Gasteiger partial charge is 0.479 e. The van der Waals surface area contributed by atoms with Gasteiger partial charge < -0.3 is 20.8 Å². The Hall–Kier alpha value is -1.92. The lowest BCUT2D eigenvalue weighted by molar-refractivity contribution is -0.147. The molecule has 6 nitrogen and oxygen atoms in total. The van der Waals surface area contributed by atoms with Crippen molar-refractivity contribution in [2.24, 2.45) is 0 Å². The summed E-state index contributed by atoms with van der Waals surface area (Å²) in [6, 6.07) is 7.63. The number of benzene rings is 1. The molecule has 2 unspecified atom stereocenters. The second-order valence-electron chi connectivity index (χ2n) is 4.84.